The van der Waals surface area contributed by atoms with Crippen LogP contribution in [0.3, 0.4) is 0 Å². The molecule has 3 rings (SSSR count). The summed E-state index contributed by atoms with van der Waals surface area (Å²) in [7, 11) is 0. The second kappa shape index (κ2) is 11.5. The first-order chi connectivity index (χ1) is 14.6. The maximum atomic E-state index is 10.5. The Bertz CT molecular complexity index is 822. The molecular formula is C25H32N2O3. The quantitative estimate of drug-likeness (QED) is 0.320. The van der Waals surface area contributed by atoms with Crippen molar-refractivity contribution in [3.05, 3.63) is 70.8 Å². The number of oxime groups is 1. The topological polar surface area (TPSA) is 70.9 Å². The number of hydrogen-bond donors (Lipinski definition) is 2. The zero-order valence-corrected chi connectivity index (χ0v) is 17.8. The molecule has 2 N–H and O–H groups in total. The van der Waals surface area contributed by atoms with Crippen molar-refractivity contribution in [2.75, 3.05) is 6.54 Å². The van der Waals surface area contributed by atoms with Crippen LogP contribution in [-0.2, 0) is 22.8 Å². The highest BCUT2D eigenvalue weighted by molar-refractivity contribution is 5.98. The zero-order chi connectivity index (χ0) is 21.2. The van der Waals surface area contributed by atoms with Crippen LogP contribution in [0.5, 0.6) is 0 Å². The summed E-state index contributed by atoms with van der Waals surface area (Å²) < 4.78 is 0. The van der Waals surface area contributed by atoms with Gasteiger partial charge in [0.2, 0.25) is 0 Å². The summed E-state index contributed by atoms with van der Waals surface area (Å²) in [5.74, 6) is -0.0609. The Morgan fingerprint density at radius 2 is 1.70 bits per heavy atom. The largest absolute Gasteiger partial charge is 0.481 e. The lowest BCUT2D eigenvalue weighted by Gasteiger charge is -2.22. The van der Waals surface area contributed by atoms with Crippen molar-refractivity contribution in [1.29, 1.82) is 0 Å². The van der Waals surface area contributed by atoms with Gasteiger partial charge >= 0.3 is 5.97 Å². The van der Waals surface area contributed by atoms with Crippen LogP contribution in [0.1, 0.15) is 73.6 Å². The smallest absolute Gasteiger partial charge is 0.304 e. The lowest BCUT2D eigenvalue weighted by atomic mass is 9.84. The highest BCUT2D eigenvalue weighted by Gasteiger charge is 2.15. The Balaban J connectivity index is 1.44. The molecule has 0 aromatic heterocycles. The van der Waals surface area contributed by atoms with E-state index in [2.05, 4.69) is 34.7 Å². The Morgan fingerprint density at radius 1 is 1.03 bits per heavy atom. The van der Waals surface area contributed by atoms with Gasteiger partial charge < -0.3 is 15.3 Å². The highest BCUT2D eigenvalue weighted by atomic mass is 16.6. The van der Waals surface area contributed by atoms with Crippen LogP contribution in [0.2, 0.25) is 0 Å². The van der Waals surface area contributed by atoms with E-state index < -0.39 is 5.97 Å². The summed E-state index contributed by atoms with van der Waals surface area (Å²) in [4.78, 5) is 16.1. The van der Waals surface area contributed by atoms with Crippen LogP contribution < -0.4 is 5.32 Å². The number of nitrogens with zero attached hydrogens (tertiary/aromatic N) is 1. The van der Waals surface area contributed by atoms with Gasteiger partial charge in [-0.15, -0.1) is 0 Å². The van der Waals surface area contributed by atoms with Crippen molar-refractivity contribution in [3.63, 3.8) is 0 Å². The van der Waals surface area contributed by atoms with Gasteiger partial charge in [0.25, 0.3) is 0 Å². The van der Waals surface area contributed by atoms with Gasteiger partial charge in [0, 0.05) is 13.1 Å². The van der Waals surface area contributed by atoms with E-state index in [1.54, 1.807) is 0 Å². The van der Waals surface area contributed by atoms with Gasteiger partial charge in [0.1, 0.15) is 6.61 Å². The predicted octanol–water partition coefficient (Wildman–Crippen LogP) is 5.24. The van der Waals surface area contributed by atoms with Crippen molar-refractivity contribution in [2.45, 2.75) is 64.5 Å². The fourth-order valence-corrected chi connectivity index (χ4v) is 3.87. The van der Waals surface area contributed by atoms with Crippen LogP contribution in [-0.4, -0.2) is 23.3 Å². The predicted molar refractivity (Wildman–Crippen MR) is 120 cm³/mol. The van der Waals surface area contributed by atoms with Crippen LogP contribution >= 0.6 is 0 Å². The molecule has 0 heterocycles. The number of carboxylic acids is 1. The molecule has 1 aliphatic carbocycles. The van der Waals surface area contributed by atoms with Crippen molar-refractivity contribution in [2.24, 2.45) is 5.16 Å². The minimum atomic E-state index is -0.787. The number of benzene rings is 2. The van der Waals surface area contributed by atoms with E-state index in [1.165, 1.54) is 37.7 Å². The molecule has 1 saturated carbocycles. The van der Waals surface area contributed by atoms with Crippen LogP contribution in [0.25, 0.3) is 0 Å². The Labute approximate surface area is 179 Å². The van der Waals surface area contributed by atoms with Gasteiger partial charge in [0.15, 0.2) is 0 Å². The molecule has 0 saturated heterocycles. The van der Waals surface area contributed by atoms with Crippen LogP contribution in [0.4, 0.5) is 0 Å². The molecule has 1 fully saturated rings. The zero-order valence-electron chi connectivity index (χ0n) is 17.8. The maximum Gasteiger partial charge on any atom is 0.304 e. The molecule has 0 amide bonds. The van der Waals surface area contributed by atoms with E-state index in [0.717, 1.165) is 28.3 Å². The molecule has 2 aromatic rings. The minimum Gasteiger partial charge on any atom is -0.481 e. The lowest BCUT2D eigenvalue weighted by molar-refractivity contribution is -0.136. The van der Waals surface area contributed by atoms with E-state index in [1.807, 2.05) is 31.2 Å². The number of carbonyl (C=O) groups is 1. The molecule has 30 heavy (non-hydrogen) atoms. The fraction of sp³-hybridized carbons (Fsp3) is 0.440. The van der Waals surface area contributed by atoms with E-state index in [9.17, 15) is 4.79 Å². The van der Waals surface area contributed by atoms with E-state index >= 15 is 0 Å². The third-order valence-corrected chi connectivity index (χ3v) is 5.71. The molecule has 5 heteroatoms. The standard InChI is InChI=1S/C25H32N2O3/c1-19(22-11-7-20(8-12-22)17-26-16-15-25(28)29)27-30-18-21-9-13-24(14-10-21)23-5-3-2-4-6-23/h7-14,23,26H,2-6,15-18H2,1H3,(H,28,29)/b27-19+. The molecule has 0 aliphatic heterocycles. The lowest BCUT2D eigenvalue weighted by Crippen LogP contribution is -2.17. The summed E-state index contributed by atoms with van der Waals surface area (Å²) >= 11 is 0. The first-order valence-electron chi connectivity index (χ1n) is 10.9. The Kier molecular flexibility index (Phi) is 8.45. The third kappa shape index (κ3) is 6.99. The van der Waals surface area contributed by atoms with Gasteiger partial charge in [-0.3, -0.25) is 4.79 Å². The third-order valence-electron chi connectivity index (χ3n) is 5.71. The van der Waals surface area contributed by atoms with E-state index in [0.29, 0.717) is 19.7 Å². The Morgan fingerprint density at radius 3 is 2.37 bits per heavy atom. The van der Waals surface area contributed by atoms with Gasteiger partial charge in [-0.25, -0.2) is 0 Å². The summed E-state index contributed by atoms with van der Waals surface area (Å²) in [5, 5.41) is 16.0. The Hall–Kier alpha value is -2.66. The first kappa shape index (κ1) is 22.0. The van der Waals surface area contributed by atoms with Crippen molar-refractivity contribution < 1.29 is 14.7 Å². The van der Waals surface area contributed by atoms with Gasteiger partial charge in [-0.2, -0.15) is 0 Å². The molecule has 0 radical (unpaired) electrons. The van der Waals surface area contributed by atoms with Crippen molar-refractivity contribution in [1.82, 2.24) is 5.32 Å². The SMILES string of the molecule is C/C(=N\OCc1ccc(C2CCCCC2)cc1)c1ccc(CNCCC(=O)O)cc1. The van der Waals surface area contributed by atoms with Gasteiger partial charge in [0.05, 0.1) is 12.1 Å². The van der Waals surface area contributed by atoms with E-state index in [4.69, 9.17) is 9.94 Å². The number of aliphatic carboxylic acids is 1. The van der Waals surface area contributed by atoms with E-state index in [-0.39, 0.29) is 6.42 Å². The summed E-state index contributed by atoms with van der Waals surface area (Å²) in [6.07, 6.45) is 6.85. The van der Waals surface area contributed by atoms with Crippen LogP contribution in [0, 0.1) is 0 Å². The average Bonchev–Trinajstić information content (AvgIpc) is 2.78. The minimum absolute atomic E-state index is 0.129. The van der Waals surface area contributed by atoms with Crippen molar-refractivity contribution >= 4 is 11.7 Å². The first-order valence-corrected chi connectivity index (χ1v) is 10.9. The summed E-state index contributed by atoms with van der Waals surface area (Å²) in [5.41, 5.74) is 5.54. The summed E-state index contributed by atoms with van der Waals surface area (Å²) in [6, 6.07) is 16.9. The number of hydrogen-bond acceptors (Lipinski definition) is 4. The van der Waals surface area contributed by atoms with Crippen molar-refractivity contribution in [3.8, 4) is 0 Å². The number of carboxylic acid groups (broad SMARTS) is 1. The maximum absolute atomic E-state index is 10.5. The number of rotatable bonds is 10. The second-order valence-electron chi connectivity index (χ2n) is 8.04. The highest BCUT2D eigenvalue weighted by Crippen LogP contribution is 2.32. The molecule has 1 aliphatic rings. The second-order valence-corrected chi connectivity index (χ2v) is 8.04. The average molecular weight is 409 g/mol. The monoisotopic (exact) mass is 408 g/mol. The molecule has 0 bridgehead atoms. The normalized spacial score (nSPS) is 15.2. The summed E-state index contributed by atoms with van der Waals surface area (Å²) in [6.45, 7) is 3.52. The van der Waals surface area contributed by atoms with Gasteiger partial charge in [-0.1, -0.05) is 72.9 Å². The molecule has 0 unspecified atom stereocenters. The molecule has 5 nitrogen and oxygen atoms in total. The molecule has 2 aromatic carbocycles. The molecule has 0 atom stereocenters. The van der Waals surface area contributed by atoms with Gasteiger partial charge in [-0.05, 0) is 47.9 Å². The molecule has 0 spiro atoms. The van der Waals surface area contributed by atoms with Crippen LogP contribution in [0.15, 0.2) is 53.7 Å². The number of nitrogens with one attached hydrogen (secondary N) is 1. The molecular weight excluding hydrogens is 376 g/mol. The molecule has 160 valence electrons. The fourth-order valence-electron chi connectivity index (χ4n) is 3.87.